The molecule has 0 saturated carbocycles. The van der Waals surface area contributed by atoms with Gasteiger partial charge in [-0.05, 0) is 11.6 Å². The highest BCUT2D eigenvalue weighted by molar-refractivity contribution is 6.04. The average Bonchev–Trinajstić information content (AvgIpc) is 3.14. The third-order valence-electron chi connectivity index (χ3n) is 4.17. The maximum atomic E-state index is 13.7. The first kappa shape index (κ1) is 16.6. The van der Waals surface area contributed by atoms with Crippen LogP contribution in [0.25, 0.3) is 21.3 Å². The number of likely N-dealkylation sites (tertiary alicyclic amines) is 1. The molecule has 3 N–H and O–H groups in total. The smallest absolute Gasteiger partial charge is 0.323 e. The van der Waals surface area contributed by atoms with Crippen molar-refractivity contribution in [1.82, 2.24) is 9.47 Å². The lowest BCUT2D eigenvalue weighted by Crippen LogP contribution is -2.40. The van der Waals surface area contributed by atoms with Crippen molar-refractivity contribution in [2.24, 2.45) is 10.8 Å². The zero-order chi connectivity index (χ0) is 18.0. The first-order chi connectivity index (χ1) is 12.0. The summed E-state index contributed by atoms with van der Waals surface area (Å²) >= 11 is 0. The lowest BCUT2D eigenvalue weighted by molar-refractivity contribution is 0.205. The molecule has 130 valence electrons. The normalized spacial score (nSPS) is 19.6. The van der Waals surface area contributed by atoms with E-state index in [-0.39, 0.29) is 19.5 Å². The molecule has 2 aromatic rings. The highest BCUT2D eigenvalue weighted by atomic mass is 19.1. The average molecular weight is 345 g/mol. The van der Waals surface area contributed by atoms with Gasteiger partial charge in [-0.25, -0.2) is 14.0 Å². The van der Waals surface area contributed by atoms with Crippen LogP contribution in [0.5, 0.6) is 0 Å². The van der Waals surface area contributed by atoms with Gasteiger partial charge in [-0.15, -0.1) is 0 Å². The van der Waals surface area contributed by atoms with E-state index in [1.807, 2.05) is 0 Å². The molecule has 0 radical (unpaired) electrons. The Kier molecular flexibility index (Phi) is 4.44. The molecule has 25 heavy (non-hydrogen) atoms. The summed E-state index contributed by atoms with van der Waals surface area (Å²) in [5.74, 6) is 0. The summed E-state index contributed by atoms with van der Waals surface area (Å²) in [5.41, 5.74) is 14.7. The maximum absolute atomic E-state index is 13.7. The molecule has 1 fully saturated rings. The molecule has 3 rings (SSSR count). The van der Waals surface area contributed by atoms with Crippen LogP contribution in [0.4, 0.5) is 19.7 Å². The van der Waals surface area contributed by atoms with E-state index in [2.05, 4.69) is 15.3 Å². The van der Waals surface area contributed by atoms with Crippen LogP contribution < -0.4 is 11.1 Å². The van der Waals surface area contributed by atoms with Gasteiger partial charge in [0.25, 0.3) is 0 Å². The van der Waals surface area contributed by atoms with E-state index in [1.54, 1.807) is 24.3 Å². The quantitative estimate of drug-likeness (QED) is 0.503. The van der Waals surface area contributed by atoms with E-state index in [4.69, 9.17) is 11.3 Å². The second-order valence-electron chi connectivity index (χ2n) is 5.75. The molecule has 1 aliphatic rings. The Morgan fingerprint density at radius 2 is 2.20 bits per heavy atom. The van der Waals surface area contributed by atoms with Crippen LogP contribution in [0.2, 0.25) is 0 Å². The number of aromatic nitrogens is 1. The zero-order valence-corrected chi connectivity index (χ0v) is 13.2. The molecular formula is C15H16FN7O2. The molecule has 1 saturated heterocycles. The Hall–Kier alpha value is -3.26. The summed E-state index contributed by atoms with van der Waals surface area (Å²) in [6.07, 6.45) is 0.378. The number of carbonyl (C=O) groups is 2. The van der Waals surface area contributed by atoms with Crippen molar-refractivity contribution in [3.8, 4) is 0 Å². The zero-order valence-electron chi connectivity index (χ0n) is 13.2. The minimum absolute atomic E-state index is 0.00733. The second-order valence-corrected chi connectivity index (χ2v) is 5.75. The van der Waals surface area contributed by atoms with Gasteiger partial charge in [0.2, 0.25) is 0 Å². The number of urea groups is 1. The van der Waals surface area contributed by atoms with Gasteiger partial charge in [0, 0.05) is 35.5 Å². The number of hydrogen-bond donors (Lipinski definition) is 2. The number of nitrogens with two attached hydrogens (primary N) is 1. The third-order valence-corrected chi connectivity index (χ3v) is 4.17. The number of alkyl halides is 1. The number of azide groups is 1. The van der Waals surface area contributed by atoms with Gasteiger partial charge in [0.05, 0.1) is 17.7 Å². The van der Waals surface area contributed by atoms with Crippen molar-refractivity contribution in [3.05, 3.63) is 40.9 Å². The van der Waals surface area contributed by atoms with Crippen LogP contribution >= 0.6 is 0 Å². The van der Waals surface area contributed by atoms with Crippen molar-refractivity contribution >= 4 is 28.7 Å². The van der Waals surface area contributed by atoms with Gasteiger partial charge in [-0.1, -0.05) is 23.3 Å². The Bertz CT molecular complexity index is 874. The van der Waals surface area contributed by atoms with E-state index < -0.39 is 24.3 Å². The third kappa shape index (κ3) is 3.20. The number of anilines is 1. The summed E-state index contributed by atoms with van der Waals surface area (Å²) in [7, 11) is 0. The van der Waals surface area contributed by atoms with E-state index in [0.29, 0.717) is 16.6 Å². The van der Waals surface area contributed by atoms with Crippen molar-refractivity contribution < 1.29 is 14.0 Å². The van der Waals surface area contributed by atoms with Crippen LogP contribution in [-0.4, -0.2) is 46.8 Å². The van der Waals surface area contributed by atoms with Gasteiger partial charge in [-0.2, -0.15) is 0 Å². The standard InChI is InChI=1S/C15H16FN7O2/c16-9-5-10(6-19-21-18)22(7-9)15(25)20-12-8-23(14(17)24)13-4-2-1-3-11(12)13/h1-4,8-10H,5-7H2,(H2,17,24)(H,20,25)/t9-,10+/m1/s1. The van der Waals surface area contributed by atoms with E-state index >= 15 is 0 Å². The van der Waals surface area contributed by atoms with Crippen molar-refractivity contribution in [2.45, 2.75) is 18.6 Å². The summed E-state index contributed by atoms with van der Waals surface area (Å²) < 4.78 is 14.9. The predicted octanol–water partition coefficient (Wildman–Crippen LogP) is 2.82. The van der Waals surface area contributed by atoms with Crippen molar-refractivity contribution in [1.29, 1.82) is 0 Å². The topological polar surface area (TPSA) is 129 Å². The number of rotatable bonds is 3. The molecule has 0 aliphatic carbocycles. The minimum Gasteiger partial charge on any atom is -0.351 e. The number of nitrogens with zero attached hydrogens (tertiary/aromatic N) is 5. The Balaban J connectivity index is 1.87. The highest BCUT2D eigenvalue weighted by Crippen LogP contribution is 2.27. The number of primary amides is 1. The largest absolute Gasteiger partial charge is 0.351 e. The lowest BCUT2D eigenvalue weighted by Gasteiger charge is -2.23. The molecule has 3 amide bonds. The lowest BCUT2D eigenvalue weighted by atomic mass is 10.2. The predicted molar refractivity (Wildman–Crippen MR) is 90.0 cm³/mol. The number of benzene rings is 1. The Morgan fingerprint density at radius 1 is 1.44 bits per heavy atom. The number of halogens is 1. The number of para-hydroxylation sites is 1. The summed E-state index contributed by atoms with van der Waals surface area (Å²) in [5, 5.41) is 6.75. The molecule has 1 aliphatic heterocycles. The molecule has 10 heteroatoms. The van der Waals surface area contributed by atoms with Crippen LogP contribution in [0.15, 0.2) is 35.6 Å². The Labute approximate surface area is 141 Å². The van der Waals surface area contributed by atoms with Gasteiger partial charge in [0.15, 0.2) is 0 Å². The molecule has 2 atom stereocenters. The first-order valence-electron chi connectivity index (χ1n) is 7.63. The number of nitrogens with one attached hydrogen (secondary N) is 1. The van der Waals surface area contributed by atoms with Crippen molar-refractivity contribution in [3.63, 3.8) is 0 Å². The fourth-order valence-corrected chi connectivity index (χ4v) is 3.06. The molecular weight excluding hydrogens is 329 g/mol. The van der Waals surface area contributed by atoms with Crippen LogP contribution in [0.1, 0.15) is 6.42 Å². The molecule has 0 bridgehead atoms. The molecule has 9 nitrogen and oxygen atoms in total. The fraction of sp³-hybridized carbons (Fsp3) is 0.333. The Morgan fingerprint density at radius 3 is 2.92 bits per heavy atom. The molecule has 1 aromatic carbocycles. The van der Waals surface area contributed by atoms with Gasteiger partial charge in [-0.3, -0.25) is 4.57 Å². The van der Waals surface area contributed by atoms with Crippen LogP contribution in [0, 0.1) is 0 Å². The highest BCUT2D eigenvalue weighted by Gasteiger charge is 2.35. The van der Waals surface area contributed by atoms with E-state index in [9.17, 15) is 14.0 Å². The van der Waals surface area contributed by atoms with Crippen molar-refractivity contribution in [2.75, 3.05) is 18.4 Å². The summed E-state index contributed by atoms with van der Waals surface area (Å²) in [4.78, 5) is 28.1. The number of carbonyl (C=O) groups excluding carboxylic acids is 2. The fourth-order valence-electron chi connectivity index (χ4n) is 3.06. The van der Waals surface area contributed by atoms with E-state index in [0.717, 1.165) is 0 Å². The molecule has 0 spiro atoms. The van der Waals surface area contributed by atoms with E-state index in [1.165, 1.54) is 15.7 Å². The SMILES string of the molecule is [N-]=[N+]=NC[C@@H]1C[C@@H](F)CN1C(=O)Nc1cn(C(N)=O)c2ccccc12. The first-order valence-corrected chi connectivity index (χ1v) is 7.63. The minimum atomic E-state index is -1.17. The summed E-state index contributed by atoms with van der Waals surface area (Å²) in [6, 6.07) is 5.25. The molecule has 1 aromatic heterocycles. The summed E-state index contributed by atoms with van der Waals surface area (Å²) in [6.45, 7) is -0.0701. The second kappa shape index (κ2) is 6.70. The monoisotopic (exact) mass is 345 g/mol. The molecule has 2 heterocycles. The van der Waals surface area contributed by atoms with Crippen LogP contribution in [0.3, 0.4) is 0 Å². The van der Waals surface area contributed by atoms with Gasteiger partial charge >= 0.3 is 12.1 Å². The number of amides is 3. The number of fused-ring (bicyclic) bond motifs is 1. The number of hydrogen-bond acceptors (Lipinski definition) is 3. The van der Waals surface area contributed by atoms with Gasteiger partial charge < -0.3 is 16.0 Å². The van der Waals surface area contributed by atoms with Gasteiger partial charge in [0.1, 0.15) is 6.17 Å². The maximum Gasteiger partial charge on any atom is 0.323 e. The van der Waals surface area contributed by atoms with Crippen LogP contribution in [-0.2, 0) is 0 Å². The molecule has 0 unspecified atom stereocenters.